The monoisotopic (exact) mass is 472 g/mol. The minimum Gasteiger partial charge on any atom is -0.466 e. The van der Waals surface area contributed by atoms with Gasteiger partial charge < -0.3 is 9.47 Å². The second-order valence-electron chi connectivity index (χ2n) is 6.66. The van der Waals surface area contributed by atoms with E-state index in [0.717, 1.165) is 30.7 Å². The minimum atomic E-state index is -0.412. The molecule has 0 atom stereocenters. The van der Waals surface area contributed by atoms with Crippen LogP contribution >= 0.6 is 34.3 Å². The fourth-order valence-corrected chi connectivity index (χ4v) is 5.99. The van der Waals surface area contributed by atoms with E-state index in [1.165, 1.54) is 29.6 Å². The van der Waals surface area contributed by atoms with Crippen molar-refractivity contribution in [2.24, 2.45) is 0 Å². The Kier molecular flexibility index (Phi) is 6.36. The predicted octanol–water partition coefficient (Wildman–Crippen LogP) is 5.57. The van der Waals surface area contributed by atoms with Crippen LogP contribution in [0.15, 0.2) is 54.6 Å². The van der Waals surface area contributed by atoms with E-state index in [1.54, 1.807) is 19.1 Å². The molecule has 0 bridgehead atoms. The van der Waals surface area contributed by atoms with Crippen LogP contribution in [0.25, 0.3) is 25.8 Å². The van der Waals surface area contributed by atoms with Crippen LogP contribution in [0.4, 0.5) is 0 Å². The third-order valence-electron chi connectivity index (χ3n) is 4.47. The SMILES string of the molecule is CCOC(=O)Cc1sc2sc(-c3ccccc3)c(OC(C)=O)[n+]2c1-c1ccc(Cl)cc1. The van der Waals surface area contributed by atoms with Crippen molar-refractivity contribution < 1.29 is 23.5 Å². The minimum absolute atomic E-state index is 0.130. The third kappa shape index (κ3) is 4.49. The van der Waals surface area contributed by atoms with Crippen LogP contribution in [0, 0.1) is 0 Å². The first-order valence-corrected chi connectivity index (χ1v) is 11.6. The Balaban J connectivity index is 1.98. The Morgan fingerprint density at radius 2 is 1.71 bits per heavy atom. The van der Waals surface area contributed by atoms with Crippen LogP contribution in [-0.2, 0) is 20.7 Å². The summed E-state index contributed by atoms with van der Waals surface area (Å²) in [5.41, 5.74) is 2.61. The zero-order chi connectivity index (χ0) is 22.0. The lowest BCUT2D eigenvalue weighted by molar-refractivity contribution is -0.498. The first-order valence-electron chi connectivity index (χ1n) is 9.63. The molecule has 0 saturated heterocycles. The van der Waals surface area contributed by atoms with Gasteiger partial charge in [-0.2, -0.15) is 0 Å². The maximum Gasteiger partial charge on any atom is 0.402 e. The summed E-state index contributed by atoms with van der Waals surface area (Å²) in [6.45, 7) is 3.48. The number of esters is 2. The van der Waals surface area contributed by atoms with Gasteiger partial charge in [0.05, 0.1) is 17.9 Å². The first-order chi connectivity index (χ1) is 15.0. The summed E-state index contributed by atoms with van der Waals surface area (Å²) in [5.74, 6) is -0.274. The average Bonchev–Trinajstić information content (AvgIpc) is 3.25. The lowest BCUT2D eigenvalue weighted by Gasteiger charge is -2.03. The summed E-state index contributed by atoms with van der Waals surface area (Å²) in [6, 6.07) is 17.2. The van der Waals surface area contributed by atoms with Crippen molar-refractivity contribution in [2.45, 2.75) is 20.3 Å². The van der Waals surface area contributed by atoms with Gasteiger partial charge in [-0.05, 0) is 42.5 Å². The molecular weight excluding hydrogens is 454 g/mol. The number of hydrogen-bond acceptors (Lipinski definition) is 6. The van der Waals surface area contributed by atoms with Crippen LogP contribution < -0.4 is 9.14 Å². The van der Waals surface area contributed by atoms with E-state index in [9.17, 15) is 9.59 Å². The molecule has 0 aliphatic rings. The molecule has 5 nitrogen and oxygen atoms in total. The summed E-state index contributed by atoms with van der Waals surface area (Å²) in [6.07, 6.45) is 0.130. The van der Waals surface area contributed by atoms with Crippen molar-refractivity contribution in [3.05, 3.63) is 64.5 Å². The molecule has 0 radical (unpaired) electrons. The lowest BCUT2D eigenvalue weighted by atomic mass is 10.1. The Labute approximate surface area is 192 Å². The maximum atomic E-state index is 12.3. The molecule has 0 aliphatic carbocycles. The van der Waals surface area contributed by atoms with E-state index in [-0.39, 0.29) is 12.4 Å². The topological polar surface area (TPSA) is 56.7 Å². The largest absolute Gasteiger partial charge is 0.466 e. The van der Waals surface area contributed by atoms with E-state index in [2.05, 4.69) is 0 Å². The molecule has 0 saturated carbocycles. The first kappa shape index (κ1) is 21.5. The molecule has 0 aliphatic heterocycles. The highest BCUT2D eigenvalue weighted by Crippen LogP contribution is 2.41. The van der Waals surface area contributed by atoms with Crippen molar-refractivity contribution in [1.82, 2.24) is 0 Å². The second-order valence-corrected chi connectivity index (χ2v) is 9.44. The molecule has 4 rings (SSSR count). The Bertz CT molecular complexity index is 1250. The third-order valence-corrected chi connectivity index (χ3v) is 7.14. The number of halogens is 1. The molecule has 31 heavy (non-hydrogen) atoms. The van der Waals surface area contributed by atoms with Gasteiger partial charge in [-0.3, -0.25) is 9.59 Å². The van der Waals surface area contributed by atoms with E-state index < -0.39 is 5.97 Å². The number of nitrogens with zero attached hydrogens (tertiary/aromatic N) is 1. The van der Waals surface area contributed by atoms with Gasteiger partial charge in [0, 0.05) is 23.1 Å². The summed E-state index contributed by atoms with van der Waals surface area (Å²) < 4.78 is 13.7. The van der Waals surface area contributed by atoms with E-state index in [1.807, 2.05) is 46.9 Å². The van der Waals surface area contributed by atoms with Crippen LogP contribution in [0.2, 0.25) is 5.02 Å². The van der Waals surface area contributed by atoms with Crippen molar-refractivity contribution in [3.63, 3.8) is 0 Å². The van der Waals surface area contributed by atoms with E-state index in [4.69, 9.17) is 21.1 Å². The van der Waals surface area contributed by atoms with Gasteiger partial charge in [0.1, 0.15) is 0 Å². The molecule has 158 valence electrons. The number of fused-ring (bicyclic) bond motifs is 1. The number of ether oxygens (including phenoxy) is 2. The molecule has 0 unspecified atom stereocenters. The van der Waals surface area contributed by atoms with Gasteiger partial charge in [0.2, 0.25) is 5.69 Å². The second kappa shape index (κ2) is 9.18. The molecule has 2 aromatic carbocycles. The molecule has 0 fully saturated rings. The summed E-state index contributed by atoms with van der Waals surface area (Å²) in [7, 11) is 0. The van der Waals surface area contributed by atoms with E-state index in [0.29, 0.717) is 17.5 Å². The van der Waals surface area contributed by atoms with Crippen LogP contribution in [0.3, 0.4) is 0 Å². The van der Waals surface area contributed by atoms with Crippen LogP contribution in [-0.4, -0.2) is 18.5 Å². The molecule has 0 spiro atoms. The molecule has 0 amide bonds. The normalized spacial score (nSPS) is 10.9. The van der Waals surface area contributed by atoms with Gasteiger partial charge in [-0.1, -0.05) is 57.7 Å². The number of hydrogen-bond donors (Lipinski definition) is 0. The van der Waals surface area contributed by atoms with Crippen molar-refractivity contribution in [2.75, 3.05) is 6.61 Å². The number of thiazole rings is 2. The smallest absolute Gasteiger partial charge is 0.402 e. The van der Waals surface area contributed by atoms with Gasteiger partial charge in [-0.25, -0.2) is 0 Å². The summed E-state index contributed by atoms with van der Waals surface area (Å²) in [4.78, 5) is 25.9. The van der Waals surface area contributed by atoms with Crippen molar-refractivity contribution in [3.8, 4) is 27.6 Å². The molecule has 4 aromatic rings. The highest BCUT2D eigenvalue weighted by Gasteiger charge is 2.35. The average molecular weight is 473 g/mol. The standard InChI is InChI=1S/C23H19ClNO4S2/c1-3-28-19(27)13-18-20(15-9-11-17(24)12-10-15)25-22(29-14(2)26)21(31-23(25)30-18)16-7-5-4-6-8-16/h4-12H,3,13H2,1-2H3/q+1. The highest BCUT2D eigenvalue weighted by atomic mass is 35.5. The van der Waals surface area contributed by atoms with E-state index >= 15 is 0 Å². The number of carbonyl (C=O) groups excluding carboxylic acids is 2. The van der Waals surface area contributed by atoms with Gasteiger partial charge in [0.15, 0.2) is 4.88 Å². The number of rotatable bonds is 6. The quantitative estimate of drug-likeness (QED) is 0.272. The number of benzene rings is 2. The highest BCUT2D eigenvalue weighted by molar-refractivity contribution is 7.37. The molecule has 0 N–H and O–H groups in total. The fourth-order valence-electron chi connectivity index (χ4n) is 3.26. The Morgan fingerprint density at radius 1 is 1.00 bits per heavy atom. The molecule has 2 aromatic heterocycles. The summed E-state index contributed by atoms with van der Waals surface area (Å²) >= 11 is 9.10. The zero-order valence-corrected chi connectivity index (χ0v) is 19.3. The Morgan fingerprint density at radius 3 is 2.35 bits per heavy atom. The fraction of sp³-hybridized carbons (Fsp3) is 0.174. The molecule has 8 heteroatoms. The van der Waals surface area contributed by atoms with Crippen LogP contribution in [0.1, 0.15) is 18.7 Å². The number of carbonyl (C=O) groups is 2. The molecule has 2 heterocycles. The van der Waals surface area contributed by atoms with Crippen LogP contribution in [0.5, 0.6) is 5.88 Å². The molecular formula is C23H19ClNO4S2+. The maximum absolute atomic E-state index is 12.3. The van der Waals surface area contributed by atoms with Crippen molar-refractivity contribution >= 4 is 50.4 Å². The van der Waals surface area contributed by atoms with Gasteiger partial charge in [-0.15, -0.1) is 0 Å². The zero-order valence-electron chi connectivity index (χ0n) is 16.9. The predicted molar refractivity (Wildman–Crippen MR) is 123 cm³/mol. The summed E-state index contributed by atoms with van der Waals surface area (Å²) in [5, 5.41) is 0.614. The lowest BCUT2D eigenvalue weighted by Crippen LogP contribution is -2.25. The van der Waals surface area contributed by atoms with Gasteiger partial charge in [0.25, 0.3) is 0 Å². The Hall–Kier alpha value is -2.74. The van der Waals surface area contributed by atoms with Gasteiger partial charge >= 0.3 is 22.0 Å². The van der Waals surface area contributed by atoms with Crippen molar-refractivity contribution in [1.29, 1.82) is 0 Å². The number of aromatic nitrogens is 1.